The maximum absolute atomic E-state index is 12.4. The smallest absolute Gasteiger partial charge is 0.403 e. The number of aliphatic carboxylic acids is 1. The van der Waals surface area contributed by atoms with Crippen LogP contribution in [0.4, 0.5) is 13.2 Å². The van der Waals surface area contributed by atoms with E-state index in [0.717, 1.165) is 5.56 Å². The van der Waals surface area contributed by atoms with Gasteiger partial charge in [0.1, 0.15) is 0 Å². The van der Waals surface area contributed by atoms with Crippen LogP contribution in [0.15, 0.2) is 24.3 Å². The molecule has 2 atom stereocenters. The highest BCUT2D eigenvalue weighted by atomic mass is 32.2. The third-order valence-electron chi connectivity index (χ3n) is 2.62. The second kappa shape index (κ2) is 6.18. The molecule has 7 heteroatoms. The van der Waals surface area contributed by atoms with E-state index in [1.165, 1.54) is 0 Å². The van der Waals surface area contributed by atoms with Crippen LogP contribution in [0.3, 0.4) is 0 Å². The summed E-state index contributed by atoms with van der Waals surface area (Å²) < 4.78 is 49.0. The average molecular weight is 294 g/mol. The summed E-state index contributed by atoms with van der Waals surface area (Å²) in [4.78, 5) is 10.5. The van der Waals surface area contributed by atoms with Crippen LogP contribution in [0.25, 0.3) is 0 Å². The standard InChI is InChI=1S/C12H13F3O3S/c1-8-4-2-3-5-9(8)6-19(18)7-10(11(16)17)12(13,14)15/h2-5,10H,6-7H2,1H3,(H,16,17). The fourth-order valence-electron chi connectivity index (χ4n) is 1.50. The number of carbonyl (C=O) groups is 1. The Morgan fingerprint density at radius 3 is 2.42 bits per heavy atom. The highest BCUT2D eigenvalue weighted by Gasteiger charge is 2.45. The van der Waals surface area contributed by atoms with Crippen molar-refractivity contribution in [3.05, 3.63) is 35.4 Å². The first-order chi connectivity index (χ1) is 8.71. The molecule has 0 bridgehead atoms. The minimum Gasteiger partial charge on any atom is -0.481 e. The van der Waals surface area contributed by atoms with Gasteiger partial charge in [-0.2, -0.15) is 13.2 Å². The zero-order valence-corrected chi connectivity index (χ0v) is 10.9. The fourth-order valence-corrected chi connectivity index (χ4v) is 2.99. The van der Waals surface area contributed by atoms with Crippen molar-refractivity contribution in [3.63, 3.8) is 0 Å². The van der Waals surface area contributed by atoms with Crippen LogP contribution in [0.1, 0.15) is 11.1 Å². The normalized spacial score (nSPS) is 14.9. The number of carboxylic acid groups (broad SMARTS) is 1. The molecule has 0 aliphatic heterocycles. The number of hydrogen-bond acceptors (Lipinski definition) is 2. The molecule has 0 radical (unpaired) electrons. The largest absolute Gasteiger partial charge is 0.481 e. The number of aryl methyl sites for hydroxylation is 1. The minimum atomic E-state index is -4.88. The summed E-state index contributed by atoms with van der Waals surface area (Å²) in [6, 6.07) is 6.87. The first-order valence-corrected chi connectivity index (χ1v) is 6.89. The SMILES string of the molecule is Cc1ccccc1CS(=O)CC(C(=O)O)C(F)(F)F. The van der Waals surface area contributed by atoms with Gasteiger partial charge in [0, 0.05) is 22.3 Å². The lowest BCUT2D eigenvalue weighted by Gasteiger charge is -2.15. The van der Waals surface area contributed by atoms with E-state index in [-0.39, 0.29) is 5.75 Å². The van der Waals surface area contributed by atoms with Crippen LogP contribution in [0.2, 0.25) is 0 Å². The summed E-state index contributed by atoms with van der Waals surface area (Å²) in [6.07, 6.45) is -4.88. The van der Waals surface area contributed by atoms with Gasteiger partial charge in [-0.05, 0) is 18.1 Å². The molecule has 1 aromatic rings. The molecule has 106 valence electrons. The predicted octanol–water partition coefficient (Wildman–Crippen LogP) is 2.51. The molecule has 1 N–H and O–H groups in total. The summed E-state index contributed by atoms with van der Waals surface area (Å²) in [5.41, 5.74) is 1.47. The second-order valence-corrected chi connectivity index (χ2v) is 5.61. The molecular weight excluding hydrogens is 281 g/mol. The number of carboxylic acids is 1. The summed E-state index contributed by atoms with van der Waals surface area (Å²) in [6.45, 7) is 1.75. The Morgan fingerprint density at radius 1 is 1.37 bits per heavy atom. The molecule has 0 heterocycles. The molecule has 0 amide bonds. The number of benzene rings is 1. The summed E-state index contributed by atoms with van der Waals surface area (Å²) in [5, 5.41) is 8.52. The summed E-state index contributed by atoms with van der Waals surface area (Å²) in [7, 11) is -1.88. The topological polar surface area (TPSA) is 54.4 Å². The van der Waals surface area contributed by atoms with Crippen molar-refractivity contribution in [2.75, 3.05) is 5.75 Å². The van der Waals surface area contributed by atoms with E-state index in [1.807, 2.05) is 0 Å². The van der Waals surface area contributed by atoms with Gasteiger partial charge < -0.3 is 5.11 Å². The van der Waals surface area contributed by atoms with Crippen LogP contribution in [-0.4, -0.2) is 27.2 Å². The Hall–Kier alpha value is -1.37. The monoisotopic (exact) mass is 294 g/mol. The molecule has 0 aliphatic rings. The van der Waals surface area contributed by atoms with Crippen molar-refractivity contribution in [3.8, 4) is 0 Å². The van der Waals surface area contributed by atoms with E-state index in [4.69, 9.17) is 5.11 Å². The van der Waals surface area contributed by atoms with Gasteiger partial charge in [-0.15, -0.1) is 0 Å². The van der Waals surface area contributed by atoms with Crippen molar-refractivity contribution in [1.82, 2.24) is 0 Å². The zero-order valence-electron chi connectivity index (χ0n) is 10.1. The molecule has 0 aliphatic carbocycles. The third-order valence-corrected chi connectivity index (χ3v) is 3.96. The second-order valence-electron chi connectivity index (χ2n) is 4.11. The molecular formula is C12H13F3O3S. The maximum atomic E-state index is 12.4. The molecule has 0 aromatic heterocycles. The molecule has 0 spiro atoms. The highest BCUT2D eigenvalue weighted by Crippen LogP contribution is 2.27. The number of alkyl halides is 3. The lowest BCUT2D eigenvalue weighted by atomic mass is 10.1. The zero-order chi connectivity index (χ0) is 14.6. The fraction of sp³-hybridized carbons (Fsp3) is 0.417. The van der Waals surface area contributed by atoms with Crippen LogP contribution < -0.4 is 0 Å². The van der Waals surface area contributed by atoms with E-state index in [2.05, 4.69) is 0 Å². The van der Waals surface area contributed by atoms with E-state index in [9.17, 15) is 22.2 Å². The predicted molar refractivity (Wildman–Crippen MR) is 65.1 cm³/mol. The van der Waals surface area contributed by atoms with Gasteiger partial charge in [-0.3, -0.25) is 9.00 Å². The van der Waals surface area contributed by atoms with E-state index < -0.39 is 34.6 Å². The Kier molecular flexibility index (Phi) is 5.11. The van der Waals surface area contributed by atoms with E-state index in [1.54, 1.807) is 31.2 Å². The Balaban J connectivity index is 2.75. The lowest BCUT2D eigenvalue weighted by molar-refractivity contribution is -0.188. The average Bonchev–Trinajstić information content (AvgIpc) is 2.27. The van der Waals surface area contributed by atoms with Crippen molar-refractivity contribution in [1.29, 1.82) is 0 Å². The molecule has 0 saturated heterocycles. The van der Waals surface area contributed by atoms with Gasteiger partial charge in [0.2, 0.25) is 0 Å². The molecule has 0 fully saturated rings. The van der Waals surface area contributed by atoms with Gasteiger partial charge in [0.05, 0.1) is 0 Å². The van der Waals surface area contributed by atoms with Gasteiger partial charge in [0.15, 0.2) is 5.92 Å². The van der Waals surface area contributed by atoms with E-state index >= 15 is 0 Å². The van der Waals surface area contributed by atoms with Crippen LogP contribution >= 0.6 is 0 Å². The third kappa shape index (κ3) is 4.66. The van der Waals surface area contributed by atoms with Crippen molar-refractivity contribution in [2.45, 2.75) is 18.9 Å². The van der Waals surface area contributed by atoms with Crippen LogP contribution in [0.5, 0.6) is 0 Å². The molecule has 0 saturated carbocycles. The van der Waals surface area contributed by atoms with Crippen molar-refractivity contribution >= 4 is 16.8 Å². The molecule has 2 unspecified atom stereocenters. The number of hydrogen-bond donors (Lipinski definition) is 1. The number of rotatable bonds is 5. The molecule has 3 nitrogen and oxygen atoms in total. The van der Waals surface area contributed by atoms with Crippen LogP contribution in [-0.2, 0) is 21.3 Å². The first-order valence-electron chi connectivity index (χ1n) is 5.41. The van der Waals surface area contributed by atoms with Gasteiger partial charge in [0.25, 0.3) is 0 Å². The number of halogens is 3. The van der Waals surface area contributed by atoms with Gasteiger partial charge in [-0.1, -0.05) is 24.3 Å². The van der Waals surface area contributed by atoms with Gasteiger partial charge in [-0.25, -0.2) is 0 Å². The Morgan fingerprint density at radius 2 is 1.95 bits per heavy atom. The minimum absolute atomic E-state index is 0.0769. The lowest BCUT2D eigenvalue weighted by Crippen LogP contribution is -2.35. The highest BCUT2D eigenvalue weighted by molar-refractivity contribution is 7.84. The Labute approximate surface area is 110 Å². The van der Waals surface area contributed by atoms with Crippen LogP contribution in [0, 0.1) is 12.8 Å². The van der Waals surface area contributed by atoms with E-state index in [0.29, 0.717) is 5.56 Å². The van der Waals surface area contributed by atoms with Crippen molar-refractivity contribution < 1.29 is 27.3 Å². The molecule has 19 heavy (non-hydrogen) atoms. The molecule has 1 rings (SSSR count). The quantitative estimate of drug-likeness (QED) is 0.908. The Bertz CT molecular complexity index is 485. The molecule has 1 aromatic carbocycles. The van der Waals surface area contributed by atoms with Crippen molar-refractivity contribution in [2.24, 2.45) is 5.92 Å². The summed E-state index contributed by atoms with van der Waals surface area (Å²) in [5.74, 6) is -5.58. The maximum Gasteiger partial charge on any atom is 0.403 e. The summed E-state index contributed by atoms with van der Waals surface area (Å²) >= 11 is 0. The van der Waals surface area contributed by atoms with Gasteiger partial charge >= 0.3 is 12.1 Å². The first kappa shape index (κ1) is 15.7.